The number of carbonyl (C=O) groups is 1. The van der Waals surface area contributed by atoms with E-state index in [9.17, 15) is 4.79 Å². The van der Waals surface area contributed by atoms with Crippen molar-refractivity contribution < 1.29 is 14.7 Å². The number of hydrogen-bond donors (Lipinski definition) is 4. The molecule has 0 radical (unpaired) electrons. The van der Waals surface area contributed by atoms with Gasteiger partial charge in [0.05, 0.1) is 0 Å². The lowest BCUT2D eigenvalue weighted by molar-refractivity contribution is 0.157. The van der Waals surface area contributed by atoms with E-state index in [4.69, 9.17) is 16.7 Å². The summed E-state index contributed by atoms with van der Waals surface area (Å²) in [5.41, 5.74) is 11.5. The summed E-state index contributed by atoms with van der Waals surface area (Å²) in [5, 5.41) is 14.5. The Morgan fingerprint density at radius 1 is 1.56 bits per heavy atom. The van der Waals surface area contributed by atoms with Crippen LogP contribution in [0.1, 0.15) is 11.3 Å². The van der Waals surface area contributed by atoms with Crippen LogP contribution in [-0.2, 0) is 11.3 Å². The van der Waals surface area contributed by atoms with Crippen molar-refractivity contribution in [1.82, 2.24) is 10.3 Å². The molecule has 0 aromatic carbocycles. The molecule has 0 saturated heterocycles. The summed E-state index contributed by atoms with van der Waals surface area (Å²) in [6.45, 7) is 1.06. The van der Waals surface area contributed by atoms with E-state index in [1.807, 2.05) is 0 Å². The summed E-state index contributed by atoms with van der Waals surface area (Å²) < 4.78 is 4.55. The molecule has 0 aliphatic heterocycles. The molecule has 8 nitrogen and oxygen atoms in total. The lowest BCUT2D eigenvalue weighted by atomic mass is 10.2. The van der Waals surface area contributed by atoms with Crippen molar-refractivity contribution in [2.24, 2.45) is 16.6 Å². The van der Waals surface area contributed by atoms with Crippen molar-refractivity contribution in [3.05, 3.63) is 29.6 Å². The highest BCUT2D eigenvalue weighted by Gasteiger charge is 2.07. The second kappa shape index (κ2) is 7.07. The molecule has 0 spiro atoms. The molecular formula is C10H15N5O3. The molecule has 0 fully saturated rings. The Morgan fingerprint density at radius 3 is 3.00 bits per heavy atom. The van der Waals surface area contributed by atoms with Crippen LogP contribution < -0.4 is 16.8 Å². The van der Waals surface area contributed by atoms with Gasteiger partial charge >= 0.3 is 6.09 Å². The van der Waals surface area contributed by atoms with Crippen molar-refractivity contribution in [2.75, 3.05) is 13.2 Å². The third kappa shape index (κ3) is 4.26. The average molecular weight is 253 g/mol. The van der Waals surface area contributed by atoms with Crippen LogP contribution in [-0.4, -0.2) is 35.3 Å². The van der Waals surface area contributed by atoms with Gasteiger partial charge in [-0.1, -0.05) is 11.2 Å². The van der Waals surface area contributed by atoms with Gasteiger partial charge in [0, 0.05) is 19.3 Å². The number of primary amides is 1. The summed E-state index contributed by atoms with van der Waals surface area (Å²) in [6, 6.07) is 3.54. The van der Waals surface area contributed by atoms with E-state index in [1.54, 1.807) is 18.3 Å². The first kappa shape index (κ1) is 13.7. The van der Waals surface area contributed by atoms with Gasteiger partial charge in [-0.3, -0.25) is 4.98 Å². The lowest BCUT2D eigenvalue weighted by Crippen LogP contribution is -2.25. The van der Waals surface area contributed by atoms with E-state index < -0.39 is 6.09 Å². The Morgan fingerprint density at radius 2 is 2.33 bits per heavy atom. The first-order chi connectivity index (χ1) is 8.65. The largest absolute Gasteiger partial charge is 0.448 e. The number of oxime groups is 1. The van der Waals surface area contributed by atoms with Crippen LogP contribution in [0.15, 0.2) is 23.5 Å². The van der Waals surface area contributed by atoms with Gasteiger partial charge in [0.15, 0.2) is 5.84 Å². The second-order valence-electron chi connectivity index (χ2n) is 3.34. The van der Waals surface area contributed by atoms with Crippen LogP contribution >= 0.6 is 0 Å². The maximum Gasteiger partial charge on any atom is 0.404 e. The predicted octanol–water partition coefficient (Wildman–Crippen LogP) is -0.639. The fraction of sp³-hybridized carbons (Fsp3) is 0.300. The summed E-state index contributed by atoms with van der Waals surface area (Å²) in [4.78, 5) is 14.3. The highest BCUT2D eigenvalue weighted by molar-refractivity contribution is 5.96. The first-order valence-electron chi connectivity index (χ1n) is 5.20. The Labute approximate surface area is 104 Å². The van der Waals surface area contributed by atoms with E-state index >= 15 is 0 Å². The third-order valence-corrected chi connectivity index (χ3v) is 2.08. The summed E-state index contributed by atoms with van der Waals surface area (Å²) in [5.74, 6) is -0.0548. The lowest BCUT2D eigenvalue weighted by Gasteiger charge is -2.08. The van der Waals surface area contributed by atoms with Gasteiger partial charge < -0.3 is 26.7 Å². The summed E-state index contributed by atoms with van der Waals surface area (Å²) >= 11 is 0. The quantitative estimate of drug-likeness (QED) is 0.175. The van der Waals surface area contributed by atoms with Gasteiger partial charge in [-0.15, -0.1) is 0 Å². The van der Waals surface area contributed by atoms with Crippen LogP contribution in [0.2, 0.25) is 0 Å². The van der Waals surface area contributed by atoms with E-state index in [2.05, 4.69) is 20.2 Å². The molecule has 98 valence electrons. The number of amidine groups is 1. The van der Waals surface area contributed by atoms with Crippen molar-refractivity contribution in [1.29, 1.82) is 0 Å². The molecule has 1 aromatic rings. The fourth-order valence-corrected chi connectivity index (χ4v) is 1.31. The highest BCUT2D eigenvalue weighted by atomic mass is 16.5. The molecule has 0 aliphatic carbocycles. The monoisotopic (exact) mass is 253 g/mol. The van der Waals surface area contributed by atoms with Gasteiger partial charge in [0.2, 0.25) is 0 Å². The molecule has 0 unspecified atom stereocenters. The highest BCUT2D eigenvalue weighted by Crippen LogP contribution is 2.04. The number of nitrogens with two attached hydrogens (primary N) is 2. The Kier molecular flexibility index (Phi) is 5.39. The number of amides is 1. The van der Waals surface area contributed by atoms with Crippen LogP contribution in [0, 0.1) is 0 Å². The van der Waals surface area contributed by atoms with Gasteiger partial charge in [0.1, 0.15) is 12.3 Å². The number of ether oxygens (including phenoxy) is 1. The van der Waals surface area contributed by atoms with Gasteiger partial charge in [0.25, 0.3) is 0 Å². The van der Waals surface area contributed by atoms with Crippen LogP contribution in [0.25, 0.3) is 0 Å². The van der Waals surface area contributed by atoms with Crippen LogP contribution in [0.5, 0.6) is 0 Å². The van der Waals surface area contributed by atoms with Gasteiger partial charge in [-0.25, -0.2) is 4.79 Å². The second-order valence-corrected chi connectivity index (χ2v) is 3.34. The van der Waals surface area contributed by atoms with E-state index in [-0.39, 0.29) is 12.4 Å². The minimum atomic E-state index is -0.810. The number of rotatable bonds is 6. The molecule has 1 amide bonds. The van der Waals surface area contributed by atoms with E-state index in [0.717, 1.165) is 5.56 Å². The SMILES string of the molecule is NC(=O)OCCNCc1cccnc1/C(N)=N/O. The molecule has 0 aliphatic rings. The zero-order chi connectivity index (χ0) is 13.4. The molecule has 0 atom stereocenters. The minimum Gasteiger partial charge on any atom is -0.448 e. The van der Waals surface area contributed by atoms with Crippen LogP contribution in [0.4, 0.5) is 4.79 Å². The Balaban J connectivity index is 2.49. The minimum absolute atomic E-state index is 0.0548. The molecule has 18 heavy (non-hydrogen) atoms. The number of carbonyl (C=O) groups excluding carboxylic acids is 1. The smallest absolute Gasteiger partial charge is 0.404 e. The maximum absolute atomic E-state index is 10.3. The van der Waals surface area contributed by atoms with Crippen molar-refractivity contribution in [2.45, 2.75) is 6.54 Å². The zero-order valence-electron chi connectivity index (χ0n) is 9.67. The molecule has 1 rings (SSSR count). The Hall–Kier alpha value is -2.35. The Bertz CT molecular complexity index is 435. The molecule has 1 heterocycles. The third-order valence-electron chi connectivity index (χ3n) is 2.08. The van der Waals surface area contributed by atoms with E-state index in [1.165, 1.54) is 0 Å². The van der Waals surface area contributed by atoms with Gasteiger partial charge in [-0.05, 0) is 11.6 Å². The molecule has 8 heteroatoms. The fourth-order valence-electron chi connectivity index (χ4n) is 1.31. The molecular weight excluding hydrogens is 238 g/mol. The summed E-state index contributed by atoms with van der Waals surface area (Å²) in [6.07, 6.45) is 0.739. The maximum atomic E-state index is 10.3. The first-order valence-corrected chi connectivity index (χ1v) is 5.20. The van der Waals surface area contributed by atoms with Gasteiger partial charge in [-0.2, -0.15) is 0 Å². The normalized spacial score (nSPS) is 11.2. The number of pyridine rings is 1. The number of nitrogens with one attached hydrogen (secondary N) is 1. The van der Waals surface area contributed by atoms with E-state index in [0.29, 0.717) is 18.8 Å². The van der Waals surface area contributed by atoms with Crippen molar-refractivity contribution in [3.8, 4) is 0 Å². The molecule has 6 N–H and O–H groups in total. The predicted molar refractivity (Wildman–Crippen MR) is 64.0 cm³/mol. The molecule has 0 bridgehead atoms. The standard InChI is InChI=1S/C10H15N5O3/c11-9(15-17)8-7(2-1-3-14-8)6-13-4-5-18-10(12)16/h1-3,13,17H,4-6H2,(H2,11,15)(H2,12,16). The molecule has 1 aromatic heterocycles. The summed E-state index contributed by atoms with van der Waals surface area (Å²) in [7, 11) is 0. The zero-order valence-corrected chi connectivity index (χ0v) is 9.67. The number of aromatic nitrogens is 1. The van der Waals surface area contributed by atoms with Crippen molar-refractivity contribution >= 4 is 11.9 Å². The van der Waals surface area contributed by atoms with Crippen molar-refractivity contribution in [3.63, 3.8) is 0 Å². The number of nitrogens with zero attached hydrogens (tertiary/aromatic N) is 2. The topological polar surface area (TPSA) is 136 Å². The van der Waals surface area contributed by atoms with Crippen LogP contribution in [0.3, 0.4) is 0 Å². The average Bonchev–Trinajstić information content (AvgIpc) is 2.37. The molecule has 0 saturated carbocycles. The number of hydrogen-bond acceptors (Lipinski definition) is 6.